The van der Waals surface area contributed by atoms with Crippen LogP contribution < -0.4 is 21.2 Å². The number of benzene rings is 1. The van der Waals surface area contributed by atoms with E-state index < -0.39 is 5.72 Å². The number of nitrogens with one attached hydrogen (secondary N) is 2. The van der Waals surface area contributed by atoms with Gasteiger partial charge >= 0.3 is 0 Å². The molecule has 0 bridgehead atoms. The van der Waals surface area contributed by atoms with Crippen molar-refractivity contribution < 1.29 is 5.11 Å². The molecule has 0 fully saturated rings. The molecule has 1 aliphatic heterocycles. The minimum absolute atomic E-state index is 0.123. The molecule has 0 saturated carbocycles. The number of aliphatic hydroxyl groups is 1. The van der Waals surface area contributed by atoms with Gasteiger partial charge in [-0.2, -0.15) is 19.6 Å². The molecule has 10 nitrogen and oxygen atoms in total. The summed E-state index contributed by atoms with van der Waals surface area (Å²) in [5.74, 6) is 0.984. The van der Waals surface area contributed by atoms with Gasteiger partial charge in [-0.05, 0) is 57.2 Å². The van der Waals surface area contributed by atoms with Crippen molar-refractivity contribution in [2.45, 2.75) is 50.4 Å². The van der Waals surface area contributed by atoms with Gasteiger partial charge in [0.1, 0.15) is 4.83 Å². The van der Waals surface area contributed by atoms with Gasteiger partial charge in [-0.3, -0.25) is 4.79 Å². The number of thiophene rings is 1. The summed E-state index contributed by atoms with van der Waals surface area (Å²) in [6, 6.07) is 6.94. The van der Waals surface area contributed by atoms with Crippen LogP contribution in [0.2, 0.25) is 5.02 Å². The maximum atomic E-state index is 14.3. The third-order valence-electron chi connectivity index (χ3n) is 6.68. The molecule has 0 radical (unpaired) electrons. The summed E-state index contributed by atoms with van der Waals surface area (Å²) in [6.45, 7) is 5.06. The Labute approximate surface area is 232 Å². The first kappa shape index (κ1) is 25.4. The van der Waals surface area contributed by atoms with Crippen LogP contribution in [0.25, 0.3) is 10.2 Å². The highest BCUT2D eigenvalue weighted by molar-refractivity contribution is 7.99. The first-order chi connectivity index (χ1) is 18.4. The van der Waals surface area contributed by atoms with E-state index in [-0.39, 0.29) is 17.3 Å². The van der Waals surface area contributed by atoms with Gasteiger partial charge in [-0.15, -0.1) is 11.3 Å². The predicted molar refractivity (Wildman–Crippen MR) is 153 cm³/mol. The summed E-state index contributed by atoms with van der Waals surface area (Å²) in [5, 5.41) is 21.7. The van der Waals surface area contributed by atoms with Crippen LogP contribution in [0.1, 0.15) is 42.7 Å². The summed E-state index contributed by atoms with van der Waals surface area (Å²) in [6.07, 6.45) is 3.96. The van der Waals surface area contributed by atoms with Gasteiger partial charge in [0.05, 0.1) is 11.1 Å². The molecule has 4 aromatic rings. The number of fused-ring (bicyclic) bond motifs is 4. The lowest BCUT2D eigenvalue weighted by molar-refractivity contribution is 0.0384. The van der Waals surface area contributed by atoms with Crippen LogP contribution in [0, 0.1) is 0 Å². The zero-order chi connectivity index (χ0) is 26.4. The molecule has 1 atom stereocenters. The van der Waals surface area contributed by atoms with Crippen molar-refractivity contribution >= 4 is 62.8 Å². The molecule has 3 aromatic heterocycles. The fourth-order valence-corrected chi connectivity index (χ4v) is 7.45. The SMILES string of the molecule is CCNc1nc(NCC)nc(N2n3c(nc4sc5c(c4c3=O)CCCC5)SC[C@@]2(O)c2ccc(Cl)cc2)n1. The number of thioether (sulfide) groups is 1. The Balaban J connectivity index is 1.64. The highest BCUT2D eigenvalue weighted by Crippen LogP contribution is 2.42. The van der Waals surface area contributed by atoms with Crippen molar-refractivity contribution in [3.8, 4) is 0 Å². The quantitative estimate of drug-likeness (QED) is 0.290. The van der Waals surface area contributed by atoms with Gasteiger partial charge in [0.15, 0.2) is 10.9 Å². The Hall–Kier alpha value is -2.93. The molecule has 0 unspecified atom stereocenters. The number of halogens is 1. The molecule has 0 spiro atoms. The van der Waals surface area contributed by atoms with Crippen molar-refractivity contribution in [2.75, 3.05) is 34.5 Å². The van der Waals surface area contributed by atoms with Crippen LogP contribution in [-0.4, -0.2) is 48.6 Å². The third-order valence-corrected chi connectivity index (χ3v) is 9.19. The number of aromatic nitrogens is 5. The molecule has 3 N–H and O–H groups in total. The number of hydrogen-bond acceptors (Lipinski definition) is 11. The summed E-state index contributed by atoms with van der Waals surface area (Å²) >= 11 is 9.11. The number of rotatable bonds is 6. The van der Waals surface area contributed by atoms with E-state index in [1.165, 1.54) is 26.3 Å². The molecule has 13 heteroatoms. The van der Waals surface area contributed by atoms with Crippen LogP contribution in [0.3, 0.4) is 0 Å². The van der Waals surface area contributed by atoms with E-state index in [0.717, 1.165) is 36.1 Å². The van der Waals surface area contributed by atoms with E-state index in [4.69, 9.17) is 16.6 Å². The lowest BCUT2D eigenvalue weighted by Gasteiger charge is -2.43. The van der Waals surface area contributed by atoms with Crippen LogP contribution >= 0.6 is 34.7 Å². The Morgan fingerprint density at radius 3 is 2.39 bits per heavy atom. The van der Waals surface area contributed by atoms with Gasteiger partial charge in [-0.25, -0.2) is 9.99 Å². The second-order valence-electron chi connectivity index (χ2n) is 9.17. The van der Waals surface area contributed by atoms with E-state index >= 15 is 0 Å². The molecular weight excluding hydrogens is 544 g/mol. The molecule has 38 heavy (non-hydrogen) atoms. The van der Waals surface area contributed by atoms with Crippen molar-refractivity contribution in [1.82, 2.24) is 24.6 Å². The van der Waals surface area contributed by atoms with E-state index in [1.807, 2.05) is 13.8 Å². The highest BCUT2D eigenvalue weighted by atomic mass is 35.5. The largest absolute Gasteiger partial charge is 0.365 e. The van der Waals surface area contributed by atoms with Gasteiger partial charge in [0.25, 0.3) is 11.5 Å². The molecule has 6 rings (SSSR count). The van der Waals surface area contributed by atoms with Crippen LogP contribution in [0.5, 0.6) is 0 Å². The lowest BCUT2D eigenvalue weighted by Crippen LogP contribution is -2.58. The summed E-state index contributed by atoms with van der Waals surface area (Å²) in [7, 11) is 0. The van der Waals surface area contributed by atoms with Crippen LogP contribution in [-0.2, 0) is 18.6 Å². The Bertz CT molecular complexity index is 1550. The normalized spacial score (nSPS) is 18.8. The van der Waals surface area contributed by atoms with E-state index in [0.29, 0.717) is 46.1 Å². The average Bonchev–Trinajstić information content (AvgIpc) is 3.28. The smallest absolute Gasteiger partial charge is 0.282 e. The zero-order valence-electron chi connectivity index (χ0n) is 21.0. The van der Waals surface area contributed by atoms with Gasteiger partial charge in [0, 0.05) is 28.6 Å². The molecule has 0 saturated heterocycles. The minimum atomic E-state index is -1.67. The van der Waals surface area contributed by atoms with Crippen LogP contribution in [0.4, 0.5) is 17.8 Å². The number of anilines is 3. The molecule has 1 aliphatic carbocycles. The molecule has 0 amide bonds. The molecule has 1 aromatic carbocycles. The maximum Gasteiger partial charge on any atom is 0.282 e. The Morgan fingerprint density at radius 2 is 1.71 bits per heavy atom. The molecular formula is C25H27ClN8O2S2. The maximum absolute atomic E-state index is 14.3. The number of nitrogens with zero attached hydrogens (tertiary/aromatic N) is 6. The highest BCUT2D eigenvalue weighted by Gasteiger charge is 2.46. The van der Waals surface area contributed by atoms with Gasteiger partial charge in [-0.1, -0.05) is 35.5 Å². The van der Waals surface area contributed by atoms with Crippen LogP contribution in [0.15, 0.2) is 34.2 Å². The monoisotopic (exact) mass is 570 g/mol. The first-order valence-corrected chi connectivity index (χ1v) is 14.8. The Kier molecular flexibility index (Phi) is 6.67. The van der Waals surface area contributed by atoms with E-state index in [9.17, 15) is 9.90 Å². The van der Waals surface area contributed by atoms with E-state index in [1.54, 1.807) is 35.6 Å². The van der Waals surface area contributed by atoms with Crippen molar-refractivity contribution in [3.05, 3.63) is 55.6 Å². The standard InChI is InChI=1S/C25H27ClN8O2S2/c1-3-27-21-30-22(28-4-2)32-23(31-21)34-25(36,14-9-11-15(26)12-10-14)13-37-24-29-19-18(20(35)33(24)34)16-7-5-6-8-17(16)38-19/h9-12,36H,3-8,13H2,1-2H3,(H2,27,28,30,31,32)/t25-/m1/s1. The molecule has 2 aliphatic rings. The summed E-state index contributed by atoms with van der Waals surface area (Å²) < 4.78 is 1.44. The topological polar surface area (TPSA) is 121 Å². The predicted octanol–water partition coefficient (Wildman–Crippen LogP) is 4.26. The number of aryl methyl sites for hydroxylation is 2. The minimum Gasteiger partial charge on any atom is -0.365 e. The fraction of sp³-hybridized carbons (Fsp3) is 0.400. The second-order valence-corrected chi connectivity index (χ2v) is 11.6. The molecule has 4 heterocycles. The van der Waals surface area contributed by atoms with Crippen molar-refractivity contribution in [2.24, 2.45) is 0 Å². The van der Waals surface area contributed by atoms with Crippen molar-refractivity contribution in [1.29, 1.82) is 0 Å². The van der Waals surface area contributed by atoms with Crippen molar-refractivity contribution in [3.63, 3.8) is 0 Å². The zero-order valence-corrected chi connectivity index (χ0v) is 23.4. The lowest BCUT2D eigenvalue weighted by atomic mass is 9.97. The Morgan fingerprint density at radius 1 is 1.03 bits per heavy atom. The third kappa shape index (κ3) is 4.19. The fourth-order valence-electron chi connectivity index (χ4n) is 4.95. The summed E-state index contributed by atoms with van der Waals surface area (Å²) in [4.78, 5) is 34.9. The molecule has 198 valence electrons. The summed E-state index contributed by atoms with van der Waals surface area (Å²) in [5.41, 5.74) is -0.285. The number of hydrogen-bond donors (Lipinski definition) is 3. The first-order valence-electron chi connectivity index (χ1n) is 12.7. The van der Waals surface area contributed by atoms with Gasteiger partial charge in [0.2, 0.25) is 11.9 Å². The second kappa shape index (κ2) is 9.99. The average molecular weight is 571 g/mol. The van der Waals surface area contributed by atoms with E-state index in [2.05, 4.69) is 25.6 Å². The van der Waals surface area contributed by atoms with Gasteiger partial charge < -0.3 is 15.7 Å².